The molecule has 2 fully saturated rings. The molecule has 2 aliphatic carbocycles. The molecule has 6 heteroatoms. The lowest BCUT2D eigenvalue weighted by Gasteiger charge is -2.08. The van der Waals surface area contributed by atoms with Gasteiger partial charge in [0, 0.05) is 22.7 Å². The molecule has 6 nitrogen and oxygen atoms in total. The van der Waals surface area contributed by atoms with E-state index in [0.29, 0.717) is 23.2 Å². The molecule has 28 heavy (non-hydrogen) atoms. The zero-order chi connectivity index (χ0) is 18.9. The molecule has 2 aliphatic rings. The summed E-state index contributed by atoms with van der Waals surface area (Å²) >= 11 is 0. The molecule has 1 heterocycles. The highest BCUT2D eigenvalue weighted by Gasteiger charge is 2.27. The second kappa shape index (κ2) is 7.11. The predicted molar refractivity (Wildman–Crippen MR) is 106 cm³/mol. The van der Waals surface area contributed by atoms with Gasteiger partial charge in [-0.1, -0.05) is 0 Å². The van der Waals surface area contributed by atoms with E-state index in [1.165, 1.54) is 25.7 Å². The van der Waals surface area contributed by atoms with Crippen molar-refractivity contribution in [2.24, 2.45) is 5.92 Å². The topological polar surface area (TPSA) is 79.9 Å². The van der Waals surface area contributed by atoms with Crippen LogP contribution in [0.5, 0.6) is 5.75 Å². The summed E-state index contributed by atoms with van der Waals surface area (Å²) in [4.78, 5) is 17.0. The Hall–Kier alpha value is -3.15. The number of anilines is 1. The second-order valence-electron chi connectivity index (χ2n) is 7.63. The molecular weight excluding hydrogens is 352 g/mol. The van der Waals surface area contributed by atoms with Gasteiger partial charge < -0.3 is 10.1 Å². The van der Waals surface area contributed by atoms with Gasteiger partial charge in [0.2, 0.25) is 0 Å². The standard InChI is InChI=1S/C22H22N4O2/c27-22(17-7-11-19(12-8-17)28-13-14-1-2-14)23-18-9-5-16(6-10-18)21-24-20(25-26-21)15-3-4-15/h5-12,14-15H,1-4,13H2,(H,23,27)(H,24,25,26). The maximum atomic E-state index is 12.5. The van der Waals surface area contributed by atoms with E-state index in [9.17, 15) is 4.79 Å². The van der Waals surface area contributed by atoms with Gasteiger partial charge >= 0.3 is 0 Å². The molecule has 0 unspecified atom stereocenters. The monoisotopic (exact) mass is 374 g/mol. The number of hydrogen-bond donors (Lipinski definition) is 2. The molecule has 2 N–H and O–H groups in total. The Morgan fingerprint density at radius 3 is 2.46 bits per heavy atom. The fraction of sp³-hybridized carbons (Fsp3) is 0.318. The van der Waals surface area contributed by atoms with E-state index in [2.05, 4.69) is 20.5 Å². The number of aromatic amines is 1. The minimum atomic E-state index is -0.143. The molecule has 0 saturated heterocycles. The summed E-state index contributed by atoms with van der Waals surface area (Å²) in [5, 5.41) is 10.2. The van der Waals surface area contributed by atoms with Crippen LogP contribution in [0.3, 0.4) is 0 Å². The molecule has 1 aromatic heterocycles. The highest BCUT2D eigenvalue weighted by Crippen LogP contribution is 2.38. The van der Waals surface area contributed by atoms with Gasteiger partial charge in [-0.2, -0.15) is 5.10 Å². The molecule has 0 spiro atoms. The van der Waals surface area contributed by atoms with Crippen molar-refractivity contribution < 1.29 is 9.53 Å². The largest absolute Gasteiger partial charge is 0.493 e. The van der Waals surface area contributed by atoms with Crippen LogP contribution in [-0.4, -0.2) is 27.7 Å². The summed E-state index contributed by atoms with van der Waals surface area (Å²) in [6.45, 7) is 0.769. The van der Waals surface area contributed by atoms with Gasteiger partial charge in [0.1, 0.15) is 11.6 Å². The molecule has 3 aromatic rings. The molecule has 2 aromatic carbocycles. The number of aromatic nitrogens is 3. The van der Waals surface area contributed by atoms with Gasteiger partial charge in [0.25, 0.3) is 5.91 Å². The van der Waals surface area contributed by atoms with Crippen molar-refractivity contribution in [3.63, 3.8) is 0 Å². The van der Waals surface area contributed by atoms with Crippen molar-refractivity contribution in [1.29, 1.82) is 0 Å². The zero-order valence-electron chi connectivity index (χ0n) is 15.5. The molecule has 0 bridgehead atoms. The number of H-pyrrole nitrogens is 1. The van der Waals surface area contributed by atoms with Crippen LogP contribution in [0, 0.1) is 5.92 Å². The lowest BCUT2D eigenvalue weighted by Crippen LogP contribution is -2.11. The van der Waals surface area contributed by atoms with Gasteiger partial charge in [-0.15, -0.1) is 0 Å². The van der Waals surface area contributed by atoms with Crippen molar-refractivity contribution in [2.75, 3.05) is 11.9 Å². The number of nitrogens with one attached hydrogen (secondary N) is 2. The fourth-order valence-electron chi connectivity index (χ4n) is 3.05. The first kappa shape index (κ1) is 17.0. The average molecular weight is 374 g/mol. The summed E-state index contributed by atoms with van der Waals surface area (Å²) in [5.74, 6) is 3.59. The Morgan fingerprint density at radius 1 is 1.04 bits per heavy atom. The van der Waals surface area contributed by atoms with Crippen molar-refractivity contribution in [1.82, 2.24) is 15.2 Å². The summed E-state index contributed by atoms with van der Waals surface area (Å²) in [6.07, 6.45) is 4.90. The Balaban J connectivity index is 1.20. The van der Waals surface area contributed by atoms with E-state index >= 15 is 0 Å². The van der Waals surface area contributed by atoms with Crippen LogP contribution in [0.25, 0.3) is 11.4 Å². The molecule has 0 aliphatic heterocycles. The SMILES string of the molecule is O=C(Nc1ccc(-c2n[nH]c(C3CC3)n2)cc1)c1ccc(OCC2CC2)cc1. The molecule has 142 valence electrons. The van der Waals surface area contributed by atoms with Crippen molar-refractivity contribution in [3.05, 3.63) is 59.9 Å². The maximum Gasteiger partial charge on any atom is 0.255 e. The highest BCUT2D eigenvalue weighted by molar-refractivity contribution is 6.04. The third kappa shape index (κ3) is 3.91. The second-order valence-corrected chi connectivity index (χ2v) is 7.63. The van der Waals surface area contributed by atoms with E-state index < -0.39 is 0 Å². The van der Waals surface area contributed by atoms with Gasteiger partial charge in [0.05, 0.1) is 6.61 Å². The lowest BCUT2D eigenvalue weighted by atomic mass is 10.1. The van der Waals surface area contributed by atoms with Gasteiger partial charge in [0.15, 0.2) is 5.82 Å². The van der Waals surface area contributed by atoms with Crippen LogP contribution in [0.1, 0.15) is 47.8 Å². The van der Waals surface area contributed by atoms with Crippen LogP contribution in [0.4, 0.5) is 5.69 Å². The predicted octanol–water partition coefficient (Wildman–Crippen LogP) is 4.39. The smallest absolute Gasteiger partial charge is 0.255 e. The zero-order valence-corrected chi connectivity index (χ0v) is 15.5. The van der Waals surface area contributed by atoms with Crippen LogP contribution in [0.2, 0.25) is 0 Å². The van der Waals surface area contributed by atoms with Crippen LogP contribution in [0.15, 0.2) is 48.5 Å². The molecule has 5 rings (SSSR count). The summed E-state index contributed by atoms with van der Waals surface area (Å²) < 4.78 is 5.71. The number of carbonyl (C=O) groups is 1. The molecule has 0 atom stereocenters. The first-order valence-corrected chi connectivity index (χ1v) is 9.81. The minimum absolute atomic E-state index is 0.143. The van der Waals surface area contributed by atoms with Gasteiger partial charge in [-0.05, 0) is 80.1 Å². The van der Waals surface area contributed by atoms with E-state index in [1.807, 2.05) is 36.4 Å². The Morgan fingerprint density at radius 2 is 1.79 bits per heavy atom. The normalized spacial score (nSPS) is 16.0. The van der Waals surface area contributed by atoms with Crippen molar-refractivity contribution >= 4 is 11.6 Å². The number of hydrogen-bond acceptors (Lipinski definition) is 4. The number of amides is 1. The fourth-order valence-corrected chi connectivity index (χ4v) is 3.05. The highest BCUT2D eigenvalue weighted by atomic mass is 16.5. The Kier molecular flexibility index (Phi) is 4.31. The molecule has 2 saturated carbocycles. The number of rotatable bonds is 7. The van der Waals surface area contributed by atoms with E-state index in [-0.39, 0.29) is 5.91 Å². The van der Waals surface area contributed by atoms with Crippen LogP contribution >= 0.6 is 0 Å². The summed E-state index contributed by atoms with van der Waals surface area (Å²) in [5.41, 5.74) is 2.27. The third-order valence-electron chi connectivity index (χ3n) is 5.17. The summed E-state index contributed by atoms with van der Waals surface area (Å²) in [7, 11) is 0. The van der Waals surface area contributed by atoms with E-state index in [4.69, 9.17) is 4.74 Å². The number of carbonyl (C=O) groups excluding carboxylic acids is 1. The molecule has 1 amide bonds. The van der Waals surface area contributed by atoms with E-state index in [1.54, 1.807) is 12.1 Å². The Bertz CT molecular complexity index is 971. The minimum Gasteiger partial charge on any atom is -0.493 e. The molecule has 0 radical (unpaired) electrons. The third-order valence-corrected chi connectivity index (χ3v) is 5.17. The number of benzene rings is 2. The summed E-state index contributed by atoms with van der Waals surface area (Å²) in [6, 6.07) is 14.9. The maximum absolute atomic E-state index is 12.5. The number of nitrogens with zero attached hydrogens (tertiary/aromatic N) is 2. The van der Waals surface area contributed by atoms with Gasteiger partial charge in [-0.3, -0.25) is 9.89 Å². The van der Waals surface area contributed by atoms with Crippen molar-refractivity contribution in [2.45, 2.75) is 31.6 Å². The average Bonchev–Trinajstić information content (AvgIpc) is 3.67. The van der Waals surface area contributed by atoms with Gasteiger partial charge in [-0.25, -0.2) is 4.98 Å². The molecular formula is C22H22N4O2. The van der Waals surface area contributed by atoms with Crippen LogP contribution in [-0.2, 0) is 0 Å². The van der Waals surface area contributed by atoms with Crippen molar-refractivity contribution in [3.8, 4) is 17.1 Å². The Labute approximate surface area is 163 Å². The van der Waals surface area contributed by atoms with E-state index in [0.717, 1.165) is 29.4 Å². The van der Waals surface area contributed by atoms with Crippen LogP contribution < -0.4 is 10.1 Å². The first-order chi connectivity index (χ1) is 13.7. The number of ether oxygens (including phenoxy) is 1. The quantitative estimate of drug-likeness (QED) is 0.643. The lowest BCUT2D eigenvalue weighted by molar-refractivity contribution is 0.102. The first-order valence-electron chi connectivity index (χ1n) is 9.81.